The van der Waals surface area contributed by atoms with Crippen LogP contribution in [0.3, 0.4) is 0 Å². The minimum absolute atomic E-state index is 0.000430. The molecule has 0 fully saturated rings. The van der Waals surface area contributed by atoms with Gasteiger partial charge in [0.1, 0.15) is 0 Å². The largest absolute Gasteiger partial charge is 0.503 e. The summed E-state index contributed by atoms with van der Waals surface area (Å²) in [5.41, 5.74) is -0.0753. The van der Waals surface area contributed by atoms with Crippen molar-refractivity contribution < 1.29 is 14.6 Å². The Balaban J connectivity index is 2.54. The number of ketones is 1. The van der Waals surface area contributed by atoms with Crippen molar-refractivity contribution in [3.05, 3.63) is 41.7 Å². The number of hydrogen-bond donors (Lipinski definition) is 2. The van der Waals surface area contributed by atoms with Crippen molar-refractivity contribution in [2.24, 2.45) is 5.41 Å². The van der Waals surface area contributed by atoms with Crippen molar-refractivity contribution in [3.8, 4) is 11.5 Å². The smallest absolute Gasteiger partial charge is 0.266 e. The molecule has 1 aromatic carbocycles. The molecule has 2 N–H and O–H groups in total. The van der Waals surface area contributed by atoms with Gasteiger partial charge in [-0.3, -0.25) is 9.59 Å². The minimum atomic E-state index is -0.500. The molecule has 2 rings (SSSR count). The number of hydrogen-bond acceptors (Lipinski definition) is 5. The number of carbonyl (C=O) groups excluding carboxylic acids is 1. The number of halogens is 1. The number of nitrogens with one attached hydrogen (secondary N) is 1. The number of aromatic hydroxyl groups is 1. The maximum absolute atomic E-state index is 12.1. The summed E-state index contributed by atoms with van der Waals surface area (Å²) in [5, 5.41) is 9.83. The van der Waals surface area contributed by atoms with E-state index in [1.807, 2.05) is 20.8 Å². The Morgan fingerprint density at radius 2 is 2.04 bits per heavy atom. The Bertz CT molecular complexity index is 950. The van der Waals surface area contributed by atoms with E-state index in [0.717, 1.165) is 0 Å². The Kier molecular flexibility index (Phi) is 5.35. The number of thiazole rings is 1. The van der Waals surface area contributed by atoms with Crippen molar-refractivity contribution in [1.82, 2.24) is 4.98 Å². The van der Waals surface area contributed by atoms with E-state index in [1.165, 1.54) is 24.5 Å². The van der Waals surface area contributed by atoms with Crippen LogP contribution in [0.15, 0.2) is 21.4 Å². The lowest BCUT2D eigenvalue weighted by Crippen LogP contribution is -2.22. The topological polar surface area (TPSA) is 79.4 Å². The predicted molar refractivity (Wildman–Crippen MR) is 99.0 cm³/mol. The first-order valence-electron chi connectivity index (χ1n) is 7.15. The van der Waals surface area contributed by atoms with Crippen LogP contribution in [0.2, 0.25) is 0 Å². The van der Waals surface area contributed by atoms with Gasteiger partial charge in [-0.15, -0.1) is 11.3 Å². The van der Waals surface area contributed by atoms with E-state index in [2.05, 4.69) is 20.9 Å². The number of phenols is 1. The van der Waals surface area contributed by atoms with Crippen molar-refractivity contribution in [2.75, 3.05) is 7.11 Å². The van der Waals surface area contributed by atoms with Gasteiger partial charge < -0.3 is 14.8 Å². The molecule has 0 atom stereocenters. The molecule has 128 valence electrons. The predicted octanol–water partition coefficient (Wildman–Crippen LogP) is 2.14. The quantitative estimate of drug-likeness (QED) is 0.810. The van der Waals surface area contributed by atoms with Crippen LogP contribution in [-0.2, 0) is 4.79 Å². The zero-order valence-electron chi connectivity index (χ0n) is 13.8. The van der Waals surface area contributed by atoms with Crippen LogP contribution < -0.4 is 19.5 Å². The summed E-state index contributed by atoms with van der Waals surface area (Å²) in [6.07, 6.45) is 3.13. The lowest BCUT2D eigenvalue weighted by atomic mass is 9.91. The molecule has 5 nitrogen and oxygen atoms in total. The van der Waals surface area contributed by atoms with Gasteiger partial charge in [-0.05, 0) is 39.7 Å². The summed E-state index contributed by atoms with van der Waals surface area (Å²) in [4.78, 5) is 26.8. The molecule has 1 aromatic heterocycles. The number of ether oxygens (including phenoxy) is 1. The average Bonchev–Trinajstić information content (AvgIpc) is 2.81. The molecule has 0 amide bonds. The van der Waals surface area contributed by atoms with Crippen LogP contribution in [0.1, 0.15) is 26.3 Å². The first-order chi connectivity index (χ1) is 11.1. The Morgan fingerprint density at radius 1 is 1.38 bits per heavy atom. The van der Waals surface area contributed by atoms with Gasteiger partial charge in [-0.25, -0.2) is 0 Å². The highest BCUT2D eigenvalue weighted by atomic mass is 79.9. The van der Waals surface area contributed by atoms with E-state index < -0.39 is 5.41 Å². The van der Waals surface area contributed by atoms with Gasteiger partial charge in [0.2, 0.25) is 0 Å². The van der Waals surface area contributed by atoms with Gasteiger partial charge in [0.05, 0.1) is 20.8 Å². The molecule has 0 saturated carbocycles. The molecule has 0 spiro atoms. The van der Waals surface area contributed by atoms with Crippen molar-refractivity contribution in [1.29, 1.82) is 0 Å². The molecular weight excluding hydrogens is 394 g/mol. The van der Waals surface area contributed by atoms with Crippen LogP contribution in [0.25, 0.3) is 12.2 Å². The van der Waals surface area contributed by atoms with Crippen LogP contribution in [0.5, 0.6) is 11.5 Å². The van der Waals surface area contributed by atoms with E-state index in [9.17, 15) is 14.7 Å². The van der Waals surface area contributed by atoms with Gasteiger partial charge in [0.25, 0.3) is 5.56 Å². The second-order valence-electron chi connectivity index (χ2n) is 6.24. The number of phenolic OH excluding ortho intramolecular Hbond substituents is 1. The van der Waals surface area contributed by atoms with Gasteiger partial charge in [0, 0.05) is 11.5 Å². The highest BCUT2D eigenvalue weighted by molar-refractivity contribution is 9.10. The Morgan fingerprint density at radius 3 is 2.62 bits per heavy atom. The molecule has 1 heterocycles. The molecule has 24 heavy (non-hydrogen) atoms. The lowest BCUT2D eigenvalue weighted by molar-refractivity contribution is -0.119. The lowest BCUT2D eigenvalue weighted by Gasteiger charge is -2.12. The SMILES string of the molecule is COc1cc(/C=c2\s/c(=C\C(=O)C(C)(C)C)[nH]c2=O)cc(Br)c1O. The molecule has 0 aliphatic rings. The molecule has 0 bridgehead atoms. The van der Waals surface area contributed by atoms with Gasteiger partial charge in [-0.2, -0.15) is 0 Å². The third-order valence-electron chi connectivity index (χ3n) is 3.25. The molecule has 0 unspecified atom stereocenters. The normalized spacial score (nSPS) is 13.4. The molecule has 2 aromatic rings. The average molecular weight is 412 g/mol. The van der Waals surface area contributed by atoms with E-state index in [0.29, 0.717) is 25.0 Å². The molecule has 0 aliphatic carbocycles. The molecular formula is C17H18BrNO4S. The first kappa shape index (κ1) is 18.5. The van der Waals surface area contributed by atoms with Gasteiger partial charge >= 0.3 is 0 Å². The van der Waals surface area contributed by atoms with Crippen LogP contribution in [-0.4, -0.2) is 23.0 Å². The fourth-order valence-electron chi connectivity index (χ4n) is 1.84. The third-order valence-corrected chi connectivity index (χ3v) is 4.82. The summed E-state index contributed by atoms with van der Waals surface area (Å²) >= 11 is 4.45. The number of rotatable bonds is 3. The fourth-order valence-corrected chi connectivity index (χ4v) is 3.19. The highest BCUT2D eigenvalue weighted by Gasteiger charge is 2.18. The number of aromatic amines is 1. The maximum atomic E-state index is 12.1. The number of aromatic nitrogens is 1. The number of H-pyrrole nitrogens is 1. The number of benzene rings is 1. The van der Waals surface area contributed by atoms with Crippen molar-refractivity contribution in [3.63, 3.8) is 0 Å². The summed E-state index contributed by atoms with van der Waals surface area (Å²) < 4.78 is 6.54. The second-order valence-corrected chi connectivity index (χ2v) is 8.18. The van der Waals surface area contributed by atoms with Crippen molar-refractivity contribution in [2.45, 2.75) is 20.8 Å². The van der Waals surface area contributed by atoms with Gasteiger partial charge in [-0.1, -0.05) is 20.8 Å². The third kappa shape index (κ3) is 4.15. The van der Waals surface area contributed by atoms with Crippen LogP contribution in [0, 0.1) is 5.41 Å². The van der Waals surface area contributed by atoms with Crippen LogP contribution in [0.4, 0.5) is 0 Å². The number of carbonyl (C=O) groups is 1. The van der Waals surface area contributed by atoms with E-state index >= 15 is 0 Å². The molecule has 0 aliphatic heterocycles. The fraction of sp³-hybridized carbons (Fsp3) is 0.294. The summed E-state index contributed by atoms with van der Waals surface area (Å²) in [7, 11) is 1.45. The first-order valence-corrected chi connectivity index (χ1v) is 8.76. The molecule has 0 radical (unpaired) electrons. The van der Waals surface area contributed by atoms with E-state index in [1.54, 1.807) is 18.2 Å². The monoisotopic (exact) mass is 411 g/mol. The number of Topliss-reactive ketones (excluding diaryl/α,β-unsaturated/α-hetero) is 1. The van der Waals surface area contributed by atoms with Crippen LogP contribution >= 0.6 is 27.3 Å². The van der Waals surface area contributed by atoms with Crippen molar-refractivity contribution >= 4 is 45.2 Å². The molecule has 0 saturated heterocycles. The highest BCUT2D eigenvalue weighted by Crippen LogP contribution is 2.35. The van der Waals surface area contributed by atoms with E-state index in [4.69, 9.17) is 4.74 Å². The standard InChI is InChI=1S/C17H18BrNO4S/c1-17(2,3)13(20)8-14-19-16(22)12(24-14)7-9-5-10(18)15(21)11(6-9)23-4/h5-8,21H,1-4H3,(H,19,22)/b12-7-,14-8-. The van der Waals surface area contributed by atoms with Gasteiger partial charge in [0.15, 0.2) is 17.3 Å². The Hall–Kier alpha value is -1.86. The van der Waals surface area contributed by atoms with E-state index in [-0.39, 0.29) is 17.1 Å². The zero-order chi connectivity index (χ0) is 18.1. The number of methoxy groups -OCH3 is 1. The Labute approximate surface area is 151 Å². The summed E-state index contributed by atoms with van der Waals surface area (Å²) in [6.45, 7) is 5.47. The summed E-state index contributed by atoms with van der Waals surface area (Å²) in [6, 6.07) is 3.31. The summed E-state index contributed by atoms with van der Waals surface area (Å²) in [5.74, 6) is 0.249. The maximum Gasteiger partial charge on any atom is 0.266 e. The second kappa shape index (κ2) is 6.94. The molecule has 7 heteroatoms. The minimum Gasteiger partial charge on any atom is -0.503 e. The zero-order valence-corrected chi connectivity index (χ0v) is 16.2.